The van der Waals surface area contributed by atoms with Gasteiger partial charge in [-0.2, -0.15) is 0 Å². The van der Waals surface area contributed by atoms with Crippen molar-refractivity contribution in [1.29, 1.82) is 0 Å². The van der Waals surface area contributed by atoms with Crippen LogP contribution >= 0.6 is 0 Å². The highest BCUT2D eigenvalue weighted by Gasteiger charge is 1.88. The molecule has 0 saturated carbocycles. The molecule has 0 atom stereocenters. The molecule has 0 unspecified atom stereocenters. The summed E-state index contributed by atoms with van der Waals surface area (Å²) in [6.07, 6.45) is 1.98. The van der Waals surface area contributed by atoms with E-state index >= 15 is 0 Å². The molecule has 3 nitrogen and oxygen atoms in total. The van der Waals surface area contributed by atoms with E-state index in [0.717, 1.165) is 25.8 Å². The van der Waals surface area contributed by atoms with Crippen LogP contribution in [-0.2, 0) is 4.79 Å². The summed E-state index contributed by atoms with van der Waals surface area (Å²) in [6, 6.07) is 0. The second-order valence-corrected chi connectivity index (χ2v) is 2.53. The summed E-state index contributed by atoms with van der Waals surface area (Å²) in [6.45, 7) is 2.48. The first-order chi connectivity index (χ1) is 4.77. The summed E-state index contributed by atoms with van der Waals surface area (Å²) in [4.78, 5) is 12.0. The molecule has 60 valence electrons. The van der Waals surface area contributed by atoms with Crippen molar-refractivity contribution in [1.82, 2.24) is 10.2 Å². The van der Waals surface area contributed by atoms with Crippen molar-refractivity contribution in [2.75, 3.05) is 33.7 Å². The van der Waals surface area contributed by atoms with Gasteiger partial charge in [0.15, 0.2) is 0 Å². The van der Waals surface area contributed by atoms with E-state index in [9.17, 15) is 4.79 Å². The second kappa shape index (κ2) is 6.71. The highest BCUT2D eigenvalue weighted by atomic mass is 16.1. The van der Waals surface area contributed by atoms with Crippen LogP contribution in [0, 0.1) is 0 Å². The van der Waals surface area contributed by atoms with Crippen LogP contribution in [0.2, 0.25) is 0 Å². The predicted molar refractivity (Wildman–Crippen MR) is 42.1 cm³/mol. The third-order valence-electron chi connectivity index (χ3n) is 1.19. The lowest BCUT2D eigenvalue weighted by atomic mass is 10.4. The van der Waals surface area contributed by atoms with E-state index in [1.54, 1.807) is 0 Å². The Balaban J connectivity index is 2.83. The highest BCUT2D eigenvalue weighted by molar-refractivity contribution is 5.51. The highest BCUT2D eigenvalue weighted by Crippen LogP contribution is 1.79. The normalized spacial score (nSPS) is 10.3. The molecule has 0 aromatic heterocycles. The summed E-state index contributed by atoms with van der Waals surface area (Å²) in [5.41, 5.74) is 0. The molecule has 0 aliphatic heterocycles. The van der Waals surface area contributed by atoms with Gasteiger partial charge in [-0.05, 0) is 33.6 Å². The maximum absolute atomic E-state index is 9.83. The Kier molecular flexibility index (Phi) is 6.43. The first-order valence-corrected chi connectivity index (χ1v) is 3.56. The predicted octanol–water partition coefficient (Wildman–Crippen LogP) is -0.273. The van der Waals surface area contributed by atoms with Crippen LogP contribution in [0.1, 0.15) is 6.42 Å². The van der Waals surface area contributed by atoms with E-state index < -0.39 is 0 Å². The number of hydrogen-bond acceptors (Lipinski definition) is 3. The number of nitrogens with one attached hydrogen (secondary N) is 1. The zero-order valence-electron chi connectivity index (χ0n) is 6.76. The van der Waals surface area contributed by atoms with Gasteiger partial charge in [0, 0.05) is 0 Å². The largest absolute Gasteiger partial charge is 0.310 e. The van der Waals surface area contributed by atoms with Gasteiger partial charge in [-0.3, -0.25) is 0 Å². The molecule has 0 heterocycles. The Morgan fingerprint density at radius 2 is 2.20 bits per heavy atom. The molecule has 0 spiro atoms. The lowest BCUT2D eigenvalue weighted by molar-refractivity contribution is -0.107. The van der Waals surface area contributed by atoms with E-state index in [1.807, 2.05) is 14.1 Å². The van der Waals surface area contributed by atoms with Crippen LogP contribution in [0.15, 0.2) is 0 Å². The lowest BCUT2D eigenvalue weighted by Crippen LogP contribution is -2.22. The molecule has 0 aromatic rings. The monoisotopic (exact) mass is 144 g/mol. The number of carbonyl (C=O) groups excluding carboxylic acids is 1. The van der Waals surface area contributed by atoms with Crippen LogP contribution in [0.3, 0.4) is 0 Å². The molecule has 0 aliphatic carbocycles. The molecule has 0 fully saturated rings. The maximum atomic E-state index is 9.83. The summed E-state index contributed by atoms with van der Waals surface area (Å²) in [7, 11) is 4.08. The van der Waals surface area contributed by atoms with Gasteiger partial charge in [0.2, 0.25) is 0 Å². The van der Waals surface area contributed by atoms with Crippen molar-refractivity contribution in [3.63, 3.8) is 0 Å². The molecule has 0 radical (unpaired) electrons. The van der Waals surface area contributed by atoms with Crippen molar-refractivity contribution in [3.8, 4) is 0 Å². The summed E-state index contributed by atoms with van der Waals surface area (Å²) >= 11 is 0. The molecule has 0 saturated heterocycles. The molecule has 1 N–H and O–H groups in total. The zero-order valence-corrected chi connectivity index (χ0v) is 6.76. The van der Waals surface area contributed by atoms with Crippen molar-refractivity contribution in [2.45, 2.75) is 6.42 Å². The lowest BCUT2D eigenvalue weighted by Gasteiger charge is -2.08. The third-order valence-corrected chi connectivity index (χ3v) is 1.19. The van der Waals surface area contributed by atoms with Crippen LogP contribution in [0.25, 0.3) is 0 Å². The quantitative estimate of drug-likeness (QED) is 0.411. The van der Waals surface area contributed by atoms with Crippen LogP contribution in [0.5, 0.6) is 0 Å². The first kappa shape index (κ1) is 9.59. The van der Waals surface area contributed by atoms with Crippen LogP contribution in [0.4, 0.5) is 0 Å². The molecular formula is C7H16N2O. The fourth-order valence-electron chi connectivity index (χ4n) is 0.681. The van der Waals surface area contributed by atoms with Gasteiger partial charge >= 0.3 is 0 Å². The van der Waals surface area contributed by atoms with Crippen molar-refractivity contribution in [2.24, 2.45) is 0 Å². The molecule has 3 heteroatoms. The third kappa shape index (κ3) is 7.59. The molecular weight excluding hydrogens is 128 g/mol. The number of carbonyl (C=O) groups is 1. The fraction of sp³-hybridized carbons (Fsp3) is 0.857. The summed E-state index contributed by atoms with van der Waals surface area (Å²) in [5, 5.41) is 3.00. The summed E-state index contributed by atoms with van der Waals surface area (Å²) in [5.74, 6) is 0. The van der Waals surface area contributed by atoms with Gasteiger partial charge in [-0.25, -0.2) is 0 Å². The maximum Gasteiger partial charge on any atom is 0.133 e. The SMILES string of the molecule is CN(C)CCCNCC=O. The number of aldehydes is 1. The van der Waals surface area contributed by atoms with E-state index in [1.165, 1.54) is 0 Å². The Labute approximate surface area is 62.4 Å². The van der Waals surface area contributed by atoms with Crippen molar-refractivity contribution < 1.29 is 4.79 Å². The average molecular weight is 144 g/mol. The van der Waals surface area contributed by atoms with Crippen molar-refractivity contribution >= 4 is 6.29 Å². The zero-order chi connectivity index (χ0) is 7.82. The standard InChI is InChI=1S/C7H16N2O/c1-9(2)6-3-4-8-5-7-10/h7-8H,3-6H2,1-2H3. The average Bonchev–Trinajstić information content (AvgIpc) is 1.87. The smallest absolute Gasteiger partial charge is 0.133 e. The minimum absolute atomic E-state index is 0.480. The van der Waals surface area contributed by atoms with Gasteiger partial charge in [-0.15, -0.1) is 0 Å². The molecule has 10 heavy (non-hydrogen) atoms. The Hall–Kier alpha value is -0.410. The number of nitrogens with zero attached hydrogens (tertiary/aromatic N) is 1. The molecule has 0 aliphatic rings. The molecule has 0 aromatic carbocycles. The van der Waals surface area contributed by atoms with E-state index in [4.69, 9.17) is 0 Å². The first-order valence-electron chi connectivity index (χ1n) is 3.56. The fourth-order valence-corrected chi connectivity index (χ4v) is 0.681. The molecule has 0 bridgehead atoms. The van der Waals surface area contributed by atoms with Crippen LogP contribution < -0.4 is 5.32 Å². The number of rotatable bonds is 6. The van der Waals surface area contributed by atoms with E-state index in [2.05, 4.69) is 10.2 Å². The summed E-state index contributed by atoms with van der Waals surface area (Å²) < 4.78 is 0. The molecule has 0 rings (SSSR count). The minimum atomic E-state index is 0.480. The van der Waals surface area contributed by atoms with E-state index in [-0.39, 0.29) is 0 Å². The van der Waals surface area contributed by atoms with Gasteiger partial charge < -0.3 is 15.0 Å². The van der Waals surface area contributed by atoms with Gasteiger partial charge in [-0.1, -0.05) is 0 Å². The Bertz CT molecular complexity index is 83.7. The van der Waals surface area contributed by atoms with Gasteiger partial charge in [0.25, 0.3) is 0 Å². The van der Waals surface area contributed by atoms with Gasteiger partial charge in [0.05, 0.1) is 6.54 Å². The minimum Gasteiger partial charge on any atom is -0.310 e. The van der Waals surface area contributed by atoms with Crippen LogP contribution in [-0.4, -0.2) is 44.9 Å². The second-order valence-electron chi connectivity index (χ2n) is 2.53. The number of hydrogen-bond donors (Lipinski definition) is 1. The van der Waals surface area contributed by atoms with Gasteiger partial charge in [0.1, 0.15) is 6.29 Å². The van der Waals surface area contributed by atoms with E-state index in [0.29, 0.717) is 6.54 Å². The Morgan fingerprint density at radius 1 is 1.50 bits per heavy atom. The molecule has 0 amide bonds. The Morgan fingerprint density at radius 3 is 2.70 bits per heavy atom. The van der Waals surface area contributed by atoms with Crippen molar-refractivity contribution in [3.05, 3.63) is 0 Å². The topological polar surface area (TPSA) is 32.3 Å².